The minimum absolute atomic E-state index is 0.570. The summed E-state index contributed by atoms with van der Waals surface area (Å²) in [6, 6.07) is 7.29. The van der Waals surface area contributed by atoms with Crippen LogP contribution in [0.5, 0.6) is 0 Å². The molecule has 0 radical (unpaired) electrons. The molecule has 0 bridgehead atoms. The molecule has 0 saturated carbocycles. The van der Waals surface area contributed by atoms with Gasteiger partial charge in [0, 0.05) is 17.5 Å². The van der Waals surface area contributed by atoms with Crippen molar-refractivity contribution in [2.45, 2.75) is 45.2 Å². The highest BCUT2D eigenvalue weighted by Crippen LogP contribution is 2.20. The standard InChI is InChI=1S/C14H23NS/c1-10(2)12(4)15-9-13-6-7-14(16-5)11(3)8-13/h6-8,10,12,15H,9H2,1-5H3. The first-order valence-electron chi connectivity index (χ1n) is 5.91. The largest absolute Gasteiger partial charge is 0.310 e. The van der Waals surface area contributed by atoms with Gasteiger partial charge < -0.3 is 5.32 Å². The zero-order chi connectivity index (χ0) is 12.1. The van der Waals surface area contributed by atoms with Crippen LogP contribution in [0.2, 0.25) is 0 Å². The molecule has 0 aliphatic carbocycles. The summed E-state index contributed by atoms with van der Waals surface area (Å²) >= 11 is 1.81. The summed E-state index contributed by atoms with van der Waals surface area (Å²) in [6.45, 7) is 9.89. The zero-order valence-corrected chi connectivity index (χ0v) is 11.8. The smallest absolute Gasteiger partial charge is 0.0208 e. The lowest BCUT2D eigenvalue weighted by atomic mass is 10.1. The third-order valence-corrected chi connectivity index (χ3v) is 3.99. The summed E-state index contributed by atoms with van der Waals surface area (Å²) in [5.74, 6) is 0.687. The zero-order valence-electron chi connectivity index (χ0n) is 11.0. The van der Waals surface area contributed by atoms with E-state index in [9.17, 15) is 0 Å². The quantitative estimate of drug-likeness (QED) is 0.781. The molecule has 1 aromatic rings. The summed E-state index contributed by atoms with van der Waals surface area (Å²) in [4.78, 5) is 1.38. The molecule has 0 aromatic heterocycles. The van der Waals surface area contributed by atoms with E-state index in [0.29, 0.717) is 12.0 Å². The SMILES string of the molecule is CSc1ccc(CNC(C)C(C)C)cc1C. The lowest BCUT2D eigenvalue weighted by Crippen LogP contribution is -2.30. The lowest BCUT2D eigenvalue weighted by molar-refractivity contribution is 0.426. The van der Waals surface area contributed by atoms with Gasteiger partial charge in [-0.15, -0.1) is 11.8 Å². The maximum atomic E-state index is 3.56. The van der Waals surface area contributed by atoms with Gasteiger partial charge in [-0.05, 0) is 43.2 Å². The highest BCUT2D eigenvalue weighted by Gasteiger charge is 2.06. The van der Waals surface area contributed by atoms with Crippen LogP contribution in [-0.4, -0.2) is 12.3 Å². The molecule has 1 atom stereocenters. The van der Waals surface area contributed by atoms with E-state index in [1.807, 2.05) is 11.8 Å². The van der Waals surface area contributed by atoms with Crippen LogP contribution < -0.4 is 5.32 Å². The van der Waals surface area contributed by atoms with Crippen LogP contribution in [0.3, 0.4) is 0 Å². The van der Waals surface area contributed by atoms with E-state index >= 15 is 0 Å². The molecule has 90 valence electrons. The number of aryl methyl sites for hydroxylation is 1. The molecule has 1 N–H and O–H groups in total. The Bertz CT molecular complexity index is 334. The predicted molar refractivity (Wildman–Crippen MR) is 74.1 cm³/mol. The third kappa shape index (κ3) is 3.84. The highest BCUT2D eigenvalue weighted by atomic mass is 32.2. The first kappa shape index (κ1) is 13.6. The lowest BCUT2D eigenvalue weighted by Gasteiger charge is -2.17. The second-order valence-corrected chi connectivity index (χ2v) is 5.57. The van der Waals surface area contributed by atoms with Crippen LogP contribution in [0.1, 0.15) is 31.9 Å². The number of nitrogens with one attached hydrogen (secondary N) is 1. The highest BCUT2D eigenvalue weighted by molar-refractivity contribution is 7.98. The predicted octanol–water partition coefficient (Wildman–Crippen LogP) is 3.85. The van der Waals surface area contributed by atoms with E-state index < -0.39 is 0 Å². The van der Waals surface area contributed by atoms with Crippen molar-refractivity contribution < 1.29 is 0 Å². The van der Waals surface area contributed by atoms with E-state index in [1.54, 1.807) is 0 Å². The molecular weight excluding hydrogens is 214 g/mol. The fourth-order valence-corrected chi connectivity index (χ4v) is 2.15. The molecule has 0 saturated heterocycles. The van der Waals surface area contributed by atoms with Crippen LogP contribution in [0.15, 0.2) is 23.1 Å². The number of hydrogen-bond acceptors (Lipinski definition) is 2. The maximum absolute atomic E-state index is 3.56. The molecule has 2 heteroatoms. The van der Waals surface area contributed by atoms with E-state index in [2.05, 4.69) is 57.5 Å². The number of benzene rings is 1. The minimum atomic E-state index is 0.570. The second-order valence-electron chi connectivity index (χ2n) is 4.72. The van der Waals surface area contributed by atoms with Crippen molar-refractivity contribution in [3.63, 3.8) is 0 Å². The Labute approximate surface area is 104 Å². The fraction of sp³-hybridized carbons (Fsp3) is 0.571. The Kier molecular flexibility index (Phi) is 5.36. The summed E-state index contributed by atoms with van der Waals surface area (Å²) < 4.78 is 0. The van der Waals surface area contributed by atoms with E-state index in [0.717, 1.165) is 6.54 Å². The Hall–Kier alpha value is -0.470. The molecule has 0 aliphatic heterocycles. The molecule has 0 fully saturated rings. The van der Waals surface area contributed by atoms with Crippen molar-refractivity contribution >= 4 is 11.8 Å². The van der Waals surface area contributed by atoms with Crippen molar-refractivity contribution in [1.29, 1.82) is 0 Å². The average Bonchev–Trinajstić information content (AvgIpc) is 2.25. The first-order valence-corrected chi connectivity index (χ1v) is 7.14. The Morgan fingerprint density at radius 2 is 1.94 bits per heavy atom. The molecule has 0 heterocycles. The van der Waals surface area contributed by atoms with Gasteiger partial charge in [-0.2, -0.15) is 0 Å². The van der Waals surface area contributed by atoms with E-state index in [1.165, 1.54) is 16.0 Å². The summed E-state index contributed by atoms with van der Waals surface area (Å²) in [7, 11) is 0. The van der Waals surface area contributed by atoms with Crippen LogP contribution in [0, 0.1) is 12.8 Å². The average molecular weight is 237 g/mol. The van der Waals surface area contributed by atoms with Crippen molar-refractivity contribution in [2.24, 2.45) is 5.92 Å². The molecule has 0 amide bonds. The first-order chi connectivity index (χ1) is 7.54. The molecule has 0 spiro atoms. The van der Waals surface area contributed by atoms with Gasteiger partial charge in [0.1, 0.15) is 0 Å². The molecule has 0 aliphatic rings. The Morgan fingerprint density at radius 1 is 1.25 bits per heavy atom. The number of thioether (sulfide) groups is 1. The summed E-state index contributed by atoms with van der Waals surface area (Å²) in [5.41, 5.74) is 2.76. The van der Waals surface area contributed by atoms with Gasteiger partial charge >= 0.3 is 0 Å². The van der Waals surface area contributed by atoms with Crippen molar-refractivity contribution in [3.05, 3.63) is 29.3 Å². The number of rotatable bonds is 5. The Balaban J connectivity index is 2.58. The van der Waals surface area contributed by atoms with Gasteiger partial charge in [-0.3, -0.25) is 0 Å². The summed E-state index contributed by atoms with van der Waals surface area (Å²) in [6.07, 6.45) is 2.13. The van der Waals surface area contributed by atoms with Gasteiger partial charge in [-0.1, -0.05) is 26.0 Å². The van der Waals surface area contributed by atoms with Gasteiger partial charge in [0.2, 0.25) is 0 Å². The van der Waals surface area contributed by atoms with Crippen LogP contribution in [0.4, 0.5) is 0 Å². The maximum Gasteiger partial charge on any atom is 0.0208 e. The topological polar surface area (TPSA) is 12.0 Å². The van der Waals surface area contributed by atoms with Crippen LogP contribution >= 0.6 is 11.8 Å². The Morgan fingerprint density at radius 3 is 2.44 bits per heavy atom. The molecule has 1 unspecified atom stereocenters. The van der Waals surface area contributed by atoms with Crippen molar-refractivity contribution in [3.8, 4) is 0 Å². The minimum Gasteiger partial charge on any atom is -0.310 e. The third-order valence-electron chi connectivity index (χ3n) is 3.09. The normalized spacial score (nSPS) is 13.1. The second kappa shape index (κ2) is 6.31. The fourth-order valence-electron chi connectivity index (χ4n) is 1.57. The molecule has 1 aromatic carbocycles. The van der Waals surface area contributed by atoms with Gasteiger partial charge in [-0.25, -0.2) is 0 Å². The van der Waals surface area contributed by atoms with Crippen molar-refractivity contribution in [1.82, 2.24) is 5.32 Å². The molecular formula is C14H23NS. The van der Waals surface area contributed by atoms with Gasteiger partial charge in [0.05, 0.1) is 0 Å². The molecule has 1 rings (SSSR count). The summed E-state index contributed by atoms with van der Waals surface area (Å²) in [5, 5.41) is 3.56. The van der Waals surface area contributed by atoms with Crippen LogP contribution in [0.25, 0.3) is 0 Å². The molecule has 1 nitrogen and oxygen atoms in total. The number of hydrogen-bond donors (Lipinski definition) is 1. The molecule has 16 heavy (non-hydrogen) atoms. The van der Waals surface area contributed by atoms with Crippen LogP contribution in [-0.2, 0) is 6.54 Å². The monoisotopic (exact) mass is 237 g/mol. The van der Waals surface area contributed by atoms with Crippen molar-refractivity contribution in [2.75, 3.05) is 6.26 Å². The van der Waals surface area contributed by atoms with Gasteiger partial charge in [0.25, 0.3) is 0 Å². The van der Waals surface area contributed by atoms with Gasteiger partial charge in [0.15, 0.2) is 0 Å². The van der Waals surface area contributed by atoms with E-state index in [-0.39, 0.29) is 0 Å². The van der Waals surface area contributed by atoms with E-state index in [4.69, 9.17) is 0 Å².